The summed E-state index contributed by atoms with van der Waals surface area (Å²) in [7, 11) is 1.71. The summed E-state index contributed by atoms with van der Waals surface area (Å²) < 4.78 is 8.27. The first kappa shape index (κ1) is 15.6. The number of aryl methyl sites for hydroxylation is 1. The summed E-state index contributed by atoms with van der Waals surface area (Å²) in [5.41, 5.74) is -0.0800. The number of pyridine rings is 1. The van der Waals surface area contributed by atoms with E-state index >= 15 is 0 Å². The number of carbonyl (C=O) groups excluding carboxylic acids is 1. The van der Waals surface area contributed by atoms with Gasteiger partial charge < -0.3 is 14.6 Å². The van der Waals surface area contributed by atoms with Gasteiger partial charge in [0.2, 0.25) is 5.91 Å². The molecule has 1 N–H and O–H groups in total. The second kappa shape index (κ2) is 6.44. The van der Waals surface area contributed by atoms with Crippen LogP contribution >= 0.6 is 15.9 Å². The Hall–Kier alpha value is -1.30. The van der Waals surface area contributed by atoms with Crippen LogP contribution in [0.3, 0.4) is 0 Å². The molecule has 5 nitrogen and oxygen atoms in total. The molecular weight excluding hydrogens is 348 g/mol. The van der Waals surface area contributed by atoms with E-state index in [2.05, 4.69) is 21.2 Å². The predicted octanol–water partition coefficient (Wildman–Crippen LogP) is 2.36. The van der Waals surface area contributed by atoms with Gasteiger partial charge in [0, 0.05) is 31.3 Å². The predicted molar refractivity (Wildman–Crippen MR) is 86.9 cm³/mol. The first-order chi connectivity index (χ1) is 10.5. The van der Waals surface area contributed by atoms with Gasteiger partial charge in [-0.05, 0) is 54.5 Å². The van der Waals surface area contributed by atoms with Gasteiger partial charge in [-0.1, -0.05) is 0 Å². The number of aromatic nitrogens is 1. The number of rotatable bonds is 4. The molecule has 2 saturated carbocycles. The zero-order valence-electron chi connectivity index (χ0n) is 12.7. The van der Waals surface area contributed by atoms with Gasteiger partial charge in [-0.3, -0.25) is 9.59 Å². The number of hydrogen-bond donors (Lipinski definition) is 1. The summed E-state index contributed by atoms with van der Waals surface area (Å²) in [6, 6.07) is 1.80. The van der Waals surface area contributed by atoms with Crippen LogP contribution in [0.2, 0.25) is 0 Å². The normalized spacial score (nSPS) is 24.8. The monoisotopic (exact) mass is 368 g/mol. The minimum absolute atomic E-state index is 0.0800. The average molecular weight is 369 g/mol. The van der Waals surface area contributed by atoms with Crippen LogP contribution in [0.4, 0.5) is 0 Å². The Kier molecular flexibility index (Phi) is 4.57. The molecule has 1 amide bonds. The summed E-state index contributed by atoms with van der Waals surface area (Å²) in [4.78, 5) is 23.5. The second-order valence-corrected chi connectivity index (χ2v) is 7.16. The summed E-state index contributed by atoms with van der Waals surface area (Å²) >= 11 is 3.43. The van der Waals surface area contributed by atoms with Crippen LogP contribution in [0, 0.1) is 5.92 Å². The fourth-order valence-corrected chi connectivity index (χ4v) is 3.35. The molecule has 2 aliphatic carbocycles. The van der Waals surface area contributed by atoms with Crippen LogP contribution in [-0.2, 0) is 11.8 Å². The van der Waals surface area contributed by atoms with Crippen LogP contribution in [0.15, 0.2) is 21.5 Å². The third-order valence-corrected chi connectivity index (χ3v) is 5.00. The standard InChI is InChI=1S/C16H21BrN2O3/c1-19-9-13(17)14(8-15(19)20)22-12-6-4-11(5-7-12)18-16(21)10-2-3-10/h8-12H,2-7H2,1H3,(H,18,21)/t11-,12-. The zero-order valence-corrected chi connectivity index (χ0v) is 14.3. The smallest absolute Gasteiger partial charge is 0.254 e. The maximum absolute atomic E-state index is 11.8. The summed E-state index contributed by atoms with van der Waals surface area (Å²) in [5, 5.41) is 3.14. The van der Waals surface area contributed by atoms with Gasteiger partial charge >= 0.3 is 0 Å². The number of nitrogens with zero attached hydrogens (tertiary/aromatic N) is 1. The van der Waals surface area contributed by atoms with Crippen molar-refractivity contribution >= 4 is 21.8 Å². The van der Waals surface area contributed by atoms with Gasteiger partial charge in [0.1, 0.15) is 5.75 Å². The van der Waals surface area contributed by atoms with Crippen molar-refractivity contribution in [1.29, 1.82) is 0 Å². The van der Waals surface area contributed by atoms with E-state index < -0.39 is 0 Å². The largest absolute Gasteiger partial charge is 0.489 e. The molecule has 2 fully saturated rings. The molecule has 0 spiro atoms. The van der Waals surface area contributed by atoms with Crippen LogP contribution < -0.4 is 15.6 Å². The highest BCUT2D eigenvalue weighted by Crippen LogP contribution is 2.31. The van der Waals surface area contributed by atoms with Crippen molar-refractivity contribution in [2.45, 2.75) is 50.7 Å². The molecule has 0 aromatic carbocycles. The fourth-order valence-electron chi connectivity index (χ4n) is 2.84. The lowest BCUT2D eigenvalue weighted by Crippen LogP contribution is -2.40. The minimum Gasteiger partial charge on any atom is -0.489 e. The number of nitrogens with one attached hydrogen (secondary N) is 1. The van der Waals surface area contributed by atoms with Crippen molar-refractivity contribution in [3.05, 3.63) is 27.1 Å². The maximum atomic E-state index is 11.8. The Balaban J connectivity index is 1.52. The highest BCUT2D eigenvalue weighted by molar-refractivity contribution is 9.10. The second-order valence-electron chi connectivity index (χ2n) is 6.31. The van der Waals surface area contributed by atoms with E-state index in [1.807, 2.05) is 0 Å². The Morgan fingerprint density at radius 2 is 1.95 bits per heavy atom. The number of carbonyl (C=O) groups is 1. The first-order valence-corrected chi connectivity index (χ1v) is 8.65. The van der Waals surface area contributed by atoms with Crippen molar-refractivity contribution in [2.75, 3.05) is 0 Å². The van der Waals surface area contributed by atoms with Crippen LogP contribution in [0.5, 0.6) is 5.75 Å². The van der Waals surface area contributed by atoms with Gasteiger partial charge in [-0.15, -0.1) is 0 Å². The zero-order chi connectivity index (χ0) is 15.7. The fraction of sp³-hybridized carbons (Fsp3) is 0.625. The minimum atomic E-state index is -0.0800. The third-order valence-electron chi connectivity index (χ3n) is 4.41. The van der Waals surface area contributed by atoms with E-state index in [1.54, 1.807) is 13.2 Å². The van der Waals surface area contributed by atoms with Gasteiger partial charge in [-0.2, -0.15) is 0 Å². The lowest BCUT2D eigenvalue weighted by Gasteiger charge is -2.29. The molecule has 0 atom stereocenters. The molecule has 0 radical (unpaired) electrons. The highest BCUT2D eigenvalue weighted by Gasteiger charge is 2.32. The van der Waals surface area contributed by atoms with Crippen molar-refractivity contribution in [1.82, 2.24) is 9.88 Å². The molecule has 3 rings (SSSR count). The Labute approximate surface area is 138 Å². The van der Waals surface area contributed by atoms with Crippen molar-refractivity contribution in [3.63, 3.8) is 0 Å². The average Bonchev–Trinajstić information content (AvgIpc) is 3.31. The molecule has 1 aromatic rings. The number of ether oxygens (including phenoxy) is 1. The summed E-state index contributed by atoms with van der Waals surface area (Å²) in [6.07, 6.45) is 7.59. The van der Waals surface area contributed by atoms with E-state index in [-0.39, 0.29) is 29.5 Å². The van der Waals surface area contributed by atoms with Crippen LogP contribution in [0.1, 0.15) is 38.5 Å². The first-order valence-electron chi connectivity index (χ1n) is 7.86. The Morgan fingerprint density at radius 3 is 2.59 bits per heavy atom. The molecule has 22 heavy (non-hydrogen) atoms. The summed E-state index contributed by atoms with van der Waals surface area (Å²) in [5.74, 6) is 1.10. The molecule has 1 aromatic heterocycles. The van der Waals surface area contributed by atoms with Gasteiger partial charge in [0.25, 0.3) is 5.56 Å². The molecule has 2 aliphatic rings. The maximum Gasteiger partial charge on any atom is 0.254 e. The Bertz CT molecular complexity index is 616. The molecular formula is C16H21BrN2O3. The van der Waals surface area contributed by atoms with E-state index in [4.69, 9.17) is 4.74 Å². The Morgan fingerprint density at radius 1 is 1.27 bits per heavy atom. The third kappa shape index (κ3) is 3.72. The van der Waals surface area contributed by atoms with Crippen LogP contribution in [-0.4, -0.2) is 22.6 Å². The highest BCUT2D eigenvalue weighted by atomic mass is 79.9. The number of amides is 1. The van der Waals surface area contributed by atoms with Crippen molar-refractivity contribution in [2.24, 2.45) is 13.0 Å². The van der Waals surface area contributed by atoms with E-state index in [0.29, 0.717) is 5.75 Å². The van der Waals surface area contributed by atoms with E-state index in [9.17, 15) is 9.59 Å². The summed E-state index contributed by atoms with van der Waals surface area (Å²) in [6.45, 7) is 0. The molecule has 0 unspecified atom stereocenters. The molecule has 0 bridgehead atoms. The number of hydrogen-bond acceptors (Lipinski definition) is 3. The molecule has 0 aliphatic heterocycles. The van der Waals surface area contributed by atoms with E-state index in [0.717, 1.165) is 43.0 Å². The van der Waals surface area contributed by atoms with Gasteiger partial charge in [-0.25, -0.2) is 0 Å². The number of halogens is 1. The van der Waals surface area contributed by atoms with Gasteiger partial charge in [0.15, 0.2) is 0 Å². The molecule has 120 valence electrons. The van der Waals surface area contributed by atoms with Crippen LogP contribution in [0.25, 0.3) is 0 Å². The topological polar surface area (TPSA) is 60.3 Å². The SMILES string of the molecule is Cn1cc(Br)c(O[C@H]2CC[C@H](NC(=O)C3CC3)CC2)cc1=O. The molecule has 0 saturated heterocycles. The van der Waals surface area contributed by atoms with E-state index in [1.165, 1.54) is 10.6 Å². The molecule has 1 heterocycles. The van der Waals surface area contributed by atoms with Crippen molar-refractivity contribution < 1.29 is 9.53 Å². The molecule has 6 heteroatoms. The quantitative estimate of drug-likeness (QED) is 0.887. The van der Waals surface area contributed by atoms with Gasteiger partial charge in [0.05, 0.1) is 10.6 Å². The van der Waals surface area contributed by atoms with Crippen molar-refractivity contribution in [3.8, 4) is 5.75 Å². The lowest BCUT2D eigenvalue weighted by atomic mass is 9.92. The lowest BCUT2D eigenvalue weighted by molar-refractivity contribution is -0.123.